The van der Waals surface area contributed by atoms with Crippen LogP contribution in [-0.4, -0.2) is 6.54 Å². The van der Waals surface area contributed by atoms with E-state index in [1.165, 1.54) is 10.9 Å². The SMILES string of the molecule is CCCNCc1ccc(COc2cc(Br)ccc2F)s1. The molecule has 0 atom stereocenters. The van der Waals surface area contributed by atoms with Gasteiger partial charge in [0.2, 0.25) is 0 Å². The minimum absolute atomic E-state index is 0.276. The van der Waals surface area contributed by atoms with Crippen molar-refractivity contribution in [1.29, 1.82) is 0 Å². The van der Waals surface area contributed by atoms with Crippen LogP contribution in [-0.2, 0) is 13.2 Å². The van der Waals surface area contributed by atoms with Gasteiger partial charge in [-0.25, -0.2) is 4.39 Å². The van der Waals surface area contributed by atoms with Crippen LogP contribution in [0.15, 0.2) is 34.8 Å². The predicted octanol–water partition coefficient (Wildman–Crippen LogP) is 4.73. The van der Waals surface area contributed by atoms with E-state index in [9.17, 15) is 4.39 Å². The summed E-state index contributed by atoms with van der Waals surface area (Å²) in [5.41, 5.74) is 0. The second-order valence-electron chi connectivity index (χ2n) is 4.41. The monoisotopic (exact) mass is 357 g/mol. The maximum absolute atomic E-state index is 13.5. The van der Waals surface area contributed by atoms with E-state index < -0.39 is 0 Å². The molecule has 5 heteroatoms. The molecule has 1 aromatic heterocycles. The van der Waals surface area contributed by atoms with Gasteiger partial charge in [0.1, 0.15) is 6.61 Å². The fourth-order valence-electron chi connectivity index (χ4n) is 1.72. The van der Waals surface area contributed by atoms with Crippen molar-refractivity contribution in [2.24, 2.45) is 0 Å². The molecule has 0 aliphatic carbocycles. The number of rotatable bonds is 7. The first-order valence-electron chi connectivity index (χ1n) is 6.55. The first-order chi connectivity index (χ1) is 9.69. The lowest BCUT2D eigenvalue weighted by Gasteiger charge is -2.06. The van der Waals surface area contributed by atoms with E-state index in [4.69, 9.17) is 4.74 Å². The van der Waals surface area contributed by atoms with Gasteiger partial charge in [-0.1, -0.05) is 22.9 Å². The standard InChI is InChI=1S/C15H17BrFNOS/c1-2-7-18-9-12-4-5-13(20-12)10-19-15-8-11(16)3-6-14(15)17/h3-6,8,18H,2,7,9-10H2,1H3. The summed E-state index contributed by atoms with van der Waals surface area (Å²) >= 11 is 5.00. The van der Waals surface area contributed by atoms with Gasteiger partial charge in [0.25, 0.3) is 0 Å². The molecule has 0 bridgehead atoms. The highest BCUT2D eigenvalue weighted by atomic mass is 79.9. The second kappa shape index (κ2) is 7.76. The van der Waals surface area contributed by atoms with Crippen molar-refractivity contribution in [3.63, 3.8) is 0 Å². The molecule has 0 amide bonds. The molecule has 0 aliphatic rings. The Labute approximate surface area is 131 Å². The van der Waals surface area contributed by atoms with Crippen molar-refractivity contribution in [2.45, 2.75) is 26.5 Å². The molecule has 1 N–H and O–H groups in total. The Hall–Kier alpha value is -0.910. The number of thiophene rings is 1. The third-order valence-electron chi connectivity index (χ3n) is 2.71. The third kappa shape index (κ3) is 4.58. The smallest absolute Gasteiger partial charge is 0.165 e. The van der Waals surface area contributed by atoms with Crippen LogP contribution in [0, 0.1) is 5.82 Å². The van der Waals surface area contributed by atoms with Crippen LogP contribution >= 0.6 is 27.3 Å². The summed E-state index contributed by atoms with van der Waals surface area (Å²) < 4.78 is 19.9. The summed E-state index contributed by atoms with van der Waals surface area (Å²) in [6.45, 7) is 4.44. The summed E-state index contributed by atoms with van der Waals surface area (Å²) in [7, 11) is 0. The molecule has 2 nitrogen and oxygen atoms in total. The van der Waals surface area contributed by atoms with E-state index in [-0.39, 0.29) is 11.6 Å². The number of hydrogen-bond donors (Lipinski definition) is 1. The summed E-state index contributed by atoms with van der Waals surface area (Å²) in [6, 6.07) is 8.82. The number of halogens is 2. The van der Waals surface area contributed by atoms with Crippen molar-refractivity contribution in [1.82, 2.24) is 5.32 Å². The molecule has 108 valence electrons. The minimum atomic E-state index is -0.338. The fraction of sp³-hybridized carbons (Fsp3) is 0.333. The van der Waals surface area contributed by atoms with Gasteiger partial charge in [-0.15, -0.1) is 11.3 Å². The molecule has 20 heavy (non-hydrogen) atoms. The van der Waals surface area contributed by atoms with Gasteiger partial charge < -0.3 is 10.1 Å². The molecule has 0 aliphatic heterocycles. The van der Waals surface area contributed by atoms with Crippen molar-refractivity contribution in [3.8, 4) is 5.75 Å². The Kier molecular flexibility index (Phi) is 6.01. The number of ether oxygens (including phenoxy) is 1. The van der Waals surface area contributed by atoms with Gasteiger partial charge in [0.15, 0.2) is 11.6 Å². The van der Waals surface area contributed by atoms with Crippen LogP contribution < -0.4 is 10.1 Å². The lowest BCUT2D eigenvalue weighted by molar-refractivity contribution is 0.293. The van der Waals surface area contributed by atoms with Gasteiger partial charge in [-0.3, -0.25) is 0 Å². The van der Waals surface area contributed by atoms with Gasteiger partial charge in [0.05, 0.1) is 0 Å². The number of hydrogen-bond acceptors (Lipinski definition) is 3. The average molecular weight is 358 g/mol. The van der Waals surface area contributed by atoms with Crippen molar-refractivity contribution < 1.29 is 9.13 Å². The van der Waals surface area contributed by atoms with E-state index in [0.29, 0.717) is 6.61 Å². The zero-order valence-electron chi connectivity index (χ0n) is 11.3. The molecule has 1 heterocycles. The Balaban J connectivity index is 1.89. The number of nitrogens with one attached hydrogen (secondary N) is 1. The lowest BCUT2D eigenvalue weighted by Crippen LogP contribution is -2.12. The van der Waals surface area contributed by atoms with E-state index in [2.05, 4.69) is 34.2 Å². The fourth-order valence-corrected chi connectivity index (χ4v) is 2.96. The van der Waals surface area contributed by atoms with Crippen LogP contribution in [0.1, 0.15) is 23.1 Å². The summed E-state index contributed by atoms with van der Waals surface area (Å²) in [6.07, 6.45) is 1.13. The van der Waals surface area contributed by atoms with E-state index >= 15 is 0 Å². The van der Waals surface area contributed by atoms with Crippen LogP contribution in [0.5, 0.6) is 5.75 Å². The molecule has 0 spiro atoms. The Morgan fingerprint density at radius 2 is 2.05 bits per heavy atom. The molecule has 0 saturated carbocycles. The Morgan fingerprint density at radius 3 is 2.85 bits per heavy atom. The molecular weight excluding hydrogens is 341 g/mol. The molecular formula is C15H17BrFNOS. The van der Waals surface area contributed by atoms with Gasteiger partial charge in [-0.2, -0.15) is 0 Å². The molecule has 0 unspecified atom stereocenters. The first kappa shape index (κ1) is 15.5. The van der Waals surface area contributed by atoms with Crippen LogP contribution in [0.3, 0.4) is 0 Å². The van der Waals surface area contributed by atoms with Crippen LogP contribution in [0.25, 0.3) is 0 Å². The zero-order chi connectivity index (χ0) is 14.4. The highest BCUT2D eigenvalue weighted by molar-refractivity contribution is 9.10. The first-order valence-corrected chi connectivity index (χ1v) is 8.16. The highest BCUT2D eigenvalue weighted by Crippen LogP contribution is 2.24. The predicted molar refractivity (Wildman–Crippen MR) is 84.7 cm³/mol. The lowest BCUT2D eigenvalue weighted by atomic mass is 10.3. The topological polar surface area (TPSA) is 21.3 Å². The number of benzene rings is 1. The second-order valence-corrected chi connectivity index (χ2v) is 6.58. The van der Waals surface area contributed by atoms with Crippen molar-refractivity contribution >= 4 is 27.3 Å². The van der Waals surface area contributed by atoms with Crippen molar-refractivity contribution in [3.05, 3.63) is 50.4 Å². The molecule has 2 rings (SSSR count). The molecule has 2 aromatic rings. The molecule has 0 fully saturated rings. The van der Waals surface area contributed by atoms with Crippen LogP contribution in [0.4, 0.5) is 4.39 Å². The van der Waals surface area contributed by atoms with Gasteiger partial charge in [-0.05, 0) is 43.3 Å². The Bertz CT molecular complexity index is 559. The quantitative estimate of drug-likeness (QED) is 0.723. The normalized spacial score (nSPS) is 10.8. The summed E-state index contributed by atoms with van der Waals surface area (Å²) in [4.78, 5) is 2.37. The van der Waals surface area contributed by atoms with Gasteiger partial charge >= 0.3 is 0 Å². The van der Waals surface area contributed by atoms with Gasteiger partial charge in [0, 0.05) is 20.8 Å². The third-order valence-corrected chi connectivity index (χ3v) is 4.26. The Morgan fingerprint density at radius 1 is 1.25 bits per heavy atom. The largest absolute Gasteiger partial charge is 0.485 e. The zero-order valence-corrected chi connectivity index (χ0v) is 13.7. The van der Waals surface area contributed by atoms with Crippen LogP contribution in [0.2, 0.25) is 0 Å². The highest BCUT2D eigenvalue weighted by Gasteiger charge is 2.06. The molecule has 0 radical (unpaired) electrons. The summed E-state index contributed by atoms with van der Waals surface area (Å²) in [5.74, 6) is -0.0620. The van der Waals surface area contributed by atoms with E-state index in [0.717, 1.165) is 28.9 Å². The average Bonchev–Trinajstić information content (AvgIpc) is 2.88. The minimum Gasteiger partial charge on any atom is -0.485 e. The maximum Gasteiger partial charge on any atom is 0.165 e. The van der Waals surface area contributed by atoms with E-state index in [1.807, 2.05) is 6.07 Å². The molecule has 1 aromatic carbocycles. The maximum atomic E-state index is 13.5. The van der Waals surface area contributed by atoms with E-state index in [1.54, 1.807) is 23.5 Å². The molecule has 0 saturated heterocycles. The van der Waals surface area contributed by atoms with Crippen molar-refractivity contribution in [2.75, 3.05) is 6.54 Å². The summed E-state index contributed by atoms with van der Waals surface area (Å²) in [5, 5.41) is 3.36.